The number of aromatic nitrogens is 2. The third kappa shape index (κ3) is 5.06. The smallest absolute Gasteiger partial charge is 0.378 e. The van der Waals surface area contributed by atoms with E-state index in [2.05, 4.69) is 25.9 Å². The van der Waals surface area contributed by atoms with Crippen LogP contribution < -0.4 is 20.9 Å². The van der Waals surface area contributed by atoms with E-state index in [4.69, 9.17) is 4.74 Å². The van der Waals surface area contributed by atoms with Crippen LogP contribution in [-0.4, -0.2) is 60.7 Å². The first kappa shape index (κ1) is 23.7. The lowest BCUT2D eigenvalue weighted by atomic mass is 10.0. The lowest BCUT2D eigenvalue weighted by Gasteiger charge is -2.29. The van der Waals surface area contributed by atoms with Gasteiger partial charge >= 0.3 is 6.18 Å². The molecule has 1 saturated heterocycles. The lowest BCUT2D eigenvalue weighted by molar-refractivity contribution is -0.137. The zero-order chi connectivity index (χ0) is 24.5. The molecule has 0 saturated carbocycles. The molecule has 0 radical (unpaired) electrons. The maximum Gasteiger partial charge on any atom is 0.417 e. The van der Waals surface area contributed by atoms with Gasteiger partial charge in [0.25, 0.3) is 11.8 Å². The van der Waals surface area contributed by atoms with Gasteiger partial charge in [0.05, 0.1) is 24.3 Å². The number of hydrogen-bond donors (Lipinski definition) is 3. The number of rotatable bonds is 5. The van der Waals surface area contributed by atoms with Crippen LogP contribution in [0.5, 0.6) is 0 Å². The number of nitrogens with zero attached hydrogens (tertiary/aromatic N) is 3. The highest BCUT2D eigenvalue weighted by atomic mass is 19.4. The molecule has 1 aromatic heterocycles. The highest BCUT2D eigenvalue weighted by Gasteiger charge is 2.36. The van der Waals surface area contributed by atoms with E-state index in [9.17, 15) is 22.8 Å². The Morgan fingerprint density at radius 2 is 1.88 bits per heavy atom. The molecule has 2 aromatic rings. The zero-order valence-electron chi connectivity index (χ0n) is 18.8. The molecule has 9 nitrogen and oxygen atoms in total. The van der Waals surface area contributed by atoms with Crippen LogP contribution in [0.1, 0.15) is 45.8 Å². The first-order valence-electron chi connectivity index (χ1n) is 10.9. The SMILES string of the molecule is CC(C)NC(=O)c1nc(NC(=O)c2ccc(N3CCOCC3)cc2C(F)(F)F)nc2c1CCN2. The van der Waals surface area contributed by atoms with E-state index in [0.29, 0.717) is 56.3 Å². The maximum atomic E-state index is 13.8. The van der Waals surface area contributed by atoms with Crippen LogP contribution >= 0.6 is 0 Å². The van der Waals surface area contributed by atoms with Gasteiger partial charge in [0.15, 0.2) is 0 Å². The Balaban J connectivity index is 1.64. The summed E-state index contributed by atoms with van der Waals surface area (Å²) in [5.41, 5.74) is -0.585. The minimum atomic E-state index is -4.75. The number of carbonyl (C=O) groups is 2. The molecule has 3 N–H and O–H groups in total. The molecule has 2 amide bonds. The first-order chi connectivity index (χ1) is 16.1. The van der Waals surface area contributed by atoms with Crippen molar-refractivity contribution in [3.8, 4) is 0 Å². The summed E-state index contributed by atoms with van der Waals surface area (Å²) in [5, 5.41) is 8.07. The third-order valence-electron chi connectivity index (χ3n) is 5.46. The van der Waals surface area contributed by atoms with Gasteiger partial charge in [-0.25, -0.2) is 4.98 Å². The Morgan fingerprint density at radius 1 is 1.15 bits per heavy atom. The van der Waals surface area contributed by atoms with Gasteiger partial charge in [-0.05, 0) is 38.5 Å². The van der Waals surface area contributed by atoms with Crippen LogP contribution in [0.3, 0.4) is 0 Å². The van der Waals surface area contributed by atoms with Gasteiger partial charge < -0.3 is 20.3 Å². The number of amides is 2. The van der Waals surface area contributed by atoms with Gasteiger partial charge in [0.2, 0.25) is 5.95 Å². The molecule has 3 heterocycles. The predicted octanol–water partition coefficient (Wildman–Crippen LogP) is 2.69. The topological polar surface area (TPSA) is 108 Å². The molecule has 0 spiro atoms. The van der Waals surface area contributed by atoms with Gasteiger partial charge in [-0.3, -0.25) is 14.9 Å². The third-order valence-corrected chi connectivity index (χ3v) is 5.46. The Morgan fingerprint density at radius 3 is 2.56 bits per heavy atom. The number of carbonyl (C=O) groups excluding carboxylic acids is 2. The average Bonchev–Trinajstić information content (AvgIpc) is 3.26. The second-order valence-corrected chi connectivity index (χ2v) is 8.31. The van der Waals surface area contributed by atoms with Crippen molar-refractivity contribution >= 4 is 29.3 Å². The van der Waals surface area contributed by atoms with Crippen LogP contribution in [0.2, 0.25) is 0 Å². The summed E-state index contributed by atoms with van der Waals surface area (Å²) in [4.78, 5) is 35.6. The molecule has 0 aliphatic carbocycles. The number of hydrogen-bond acceptors (Lipinski definition) is 7. The van der Waals surface area contributed by atoms with Gasteiger partial charge in [-0.2, -0.15) is 18.2 Å². The number of anilines is 3. The molecule has 0 bridgehead atoms. The van der Waals surface area contributed by atoms with Crippen LogP contribution in [0.4, 0.5) is 30.6 Å². The molecule has 0 atom stereocenters. The number of morpholine rings is 1. The molecule has 0 unspecified atom stereocenters. The van der Waals surface area contributed by atoms with Crippen LogP contribution in [0, 0.1) is 0 Å². The largest absolute Gasteiger partial charge is 0.417 e. The Hall–Kier alpha value is -3.41. The van der Waals surface area contributed by atoms with Gasteiger partial charge in [0.1, 0.15) is 11.5 Å². The van der Waals surface area contributed by atoms with Gasteiger partial charge in [0, 0.05) is 36.9 Å². The summed E-state index contributed by atoms with van der Waals surface area (Å²) in [5.74, 6) is -1.34. The Bertz CT molecular complexity index is 1100. The molecule has 4 rings (SSSR count). The van der Waals surface area contributed by atoms with E-state index >= 15 is 0 Å². The fourth-order valence-corrected chi connectivity index (χ4v) is 3.90. The van der Waals surface area contributed by atoms with Crippen LogP contribution in [-0.2, 0) is 17.3 Å². The molecule has 1 fully saturated rings. The van der Waals surface area contributed by atoms with Crippen molar-refractivity contribution in [2.75, 3.05) is 48.4 Å². The standard InChI is InChI=1S/C22H25F3N6O3/c1-12(2)27-20(33)17-15-5-6-26-18(15)29-21(28-17)30-19(32)14-4-3-13(11-16(14)22(23,24)25)31-7-9-34-10-8-31/h3-4,11-12H,5-10H2,1-2H3,(H,27,33)(H2,26,28,29,30,32). The molecule has 182 valence electrons. The summed E-state index contributed by atoms with van der Waals surface area (Å²) < 4.78 is 46.8. The quantitative estimate of drug-likeness (QED) is 0.606. The molecule has 2 aliphatic heterocycles. The van der Waals surface area contributed by atoms with E-state index in [1.165, 1.54) is 6.07 Å². The normalized spacial score (nSPS) is 15.6. The number of ether oxygens (including phenoxy) is 1. The van der Waals surface area contributed by atoms with E-state index in [1.807, 2.05) is 0 Å². The molecule has 2 aliphatic rings. The molecule has 12 heteroatoms. The molecule has 1 aromatic carbocycles. The minimum absolute atomic E-state index is 0.0812. The van der Waals surface area contributed by atoms with Crippen LogP contribution in [0.15, 0.2) is 18.2 Å². The van der Waals surface area contributed by atoms with Crippen molar-refractivity contribution in [1.82, 2.24) is 15.3 Å². The number of benzene rings is 1. The van der Waals surface area contributed by atoms with Crippen molar-refractivity contribution < 1.29 is 27.5 Å². The fourth-order valence-electron chi connectivity index (χ4n) is 3.90. The van der Waals surface area contributed by atoms with Crippen molar-refractivity contribution in [2.45, 2.75) is 32.5 Å². The van der Waals surface area contributed by atoms with Crippen molar-refractivity contribution in [2.24, 2.45) is 0 Å². The molecular formula is C22H25F3N6O3. The monoisotopic (exact) mass is 478 g/mol. The van der Waals surface area contributed by atoms with Crippen molar-refractivity contribution in [1.29, 1.82) is 0 Å². The number of alkyl halides is 3. The van der Waals surface area contributed by atoms with Crippen LogP contribution in [0.25, 0.3) is 0 Å². The minimum Gasteiger partial charge on any atom is -0.378 e. The summed E-state index contributed by atoms with van der Waals surface area (Å²) >= 11 is 0. The predicted molar refractivity (Wildman–Crippen MR) is 119 cm³/mol. The Labute approximate surface area is 194 Å². The van der Waals surface area contributed by atoms with Crippen molar-refractivity contribution in [3.63, 3.8) is 0 Å². The summed E-state index contributed by atoms with van der Waals surface area (Å²) in [7, 11) is 0. The van der Waals surface area contributed by atoms with Gasteiger partial charge in [-0.1, -0.05) is 0 Å². The first-order valence-corrected chi connectivity index (χ1v) is 10.9. The highest BCUT2D eigenvalue weighted by molar-refractivity contribution is 6.05. The maximum absolute atomic E-state index is 13.8. The summed E-state index contributed by atoms with van der Waals surface area (Å²) in [6.45, 7) is 5.86. The second-order valence-electron chi connectivity index (χ2n) is 8.31. The Kier molecular flexibility index (Phi) is 6.60. The average molecular weight is 478 g/mol. The fraction of sp³-hybridized carbons (Fsp3) is 0.455. The van der Waals surface area contributed by atoms with Gasteiger partial charge in [-0.15, -0.1) is 0 Å². The van der Waals surface area contributed by atoms with E-state index in [1.54, 1.807) is 18.7 Å². The number of nitrogens with one attached hydrogen (secondary N) is 3. The zero-order valence-corrected chi connectivity index (χ0v) is 18.8. The number of fused-ring (bicyclic) bond motifs is 1. The summed E-state index contributed by atoms with van der Waals surface area (Å²) in [6, 6.07) is 3.43. The lowest BCUT2D eigenvalue weighted by Crippen LogP contribution is -2.36. The second kappa shape index (κ2) is 9.45. The number of halogens is 3. The van der Waals surface area contributed by atoms with Crippen molar-refractivity contribution in [3.05, 3.63) is 40.6 Å². The highest BCUT2D eigenvalue weighted by Crippen LogP contribution is 2.35. The van der Waals surface area contributed by atoms with E-state index in [0.717, 1.165) is 12.1 Å². The molecule has 34 heavy (non-hydrogen) atoms. The van der Waals surface area contributed by atoms with E-state index < -0.39 is 29.1 Å². The summed E-state index contributed by atoms with van der Waals surface area (Å²) in [6.07, 6.45) is -4.23. The van der Waals surface area contributed by atoms with E-state index in [-0.39, 0.29) is 17.7 Å². The molecular weight excluding hydrogens is 453 g/mol.